The molecule has 2 aromatic rings. The van der Waals surface area contributed by atoms with Crippen molar-refractivity contribution in [2.45, 2.75) is 26.4 Å². The summed E-state index contributed by atoms with van der Waals surface area (Å²) in [6.07, 6.45) is 0.683. The monoisotopic (exact) mass is 287 g/mol. The second-order valence-corrected chi connectivity index (χ2v) is 5.49. The molecule has 0 saturated carbocycles. The number of hydrogen-bond acceptors (Lipinski definition) is 4. The summed E-state index contributed by atoms with van der Waals surface area (Å²) in [7, 11) is 0. The third-order valence-electron chi connectivity index (χ3n) is 2.56. The Balaban J connectivity index is 2.16. The molecule has 110 valence electrons. The average Bonchev–Trinajstić information content (AvgIpc) is 2.84. The number of anilines is 1. The van der Waals surface area contributed by atoms with Crippen LogP contribution in [0.1, 0.15) is 36.7 Å². The fourth-order valence-corrected chi connectivity index (χ4v) is 1.73. The molecule has 0 fully saturated rings. The van der Waals surface area contributed by atoms with Gasteiger partial charge in [0.05, 0.1) is 11.8 Å². The predicted molar refractivity (Wildman–Crippen MR) is 78.4 cm³/mol. The van der Waals surface area contributed by atoms with Gasteiger partial charge in [-0.1, -0.05) is 30.3 Å². The Hall–Kier alpha value is -2.56. The van der Waals surface area contributed by atoms with Crippen molar-refractivity contribution in [3.8, 4) is 0 Å². The Bertz CT molecular complexity index is 638. The first-order chi connectivity index (χ1) is 9.87. The number of hydrogen-bond donors (Lipinski definition) is 1. The summed E-state index contributed by atoms with van der Waals surface area (Å²) in [6.45, 7) is 5.26. The lowest BCUT2D eigenvalue weighted by atomic mass is 10.1. The van der Waals surface area contributed by atoms with Crippen LogP contribution in [0, 0.1) is 0 Å². The normalized spacial score (nSPS) is 11.0. The molecule has 2 rings (SSSR count). The van der Waals surface area contributed by atoms with Crippen molar-refractivity contribution in [1.82, 2.24) is 0 Å². The van der Waals surface area contributed by atoms with Gasteiger partial charge in [0.2, 0.25) is 5.88 Å². The first kappa shape index (κ1) is 14.8. The van der Waals surface area contributed by atoms with Gasteiger partial charge in [-0.15, -0.1) is 0 Å². The van der Waals surface area contributed by atoms with Crippen molar-refractivity contribution >= 4 is 17.8 Å². The fourth-order valence-electron chi connectivity index (χ4n) is 1.73. The van der Waals surface area contributed by atoms with E-state index in [1.807, 2.05) is 6.07 Å². The lowest BCUT2D eigenvalue weighted by Gasteiger charge is -2.19. The Morgan fingerprint density at radius 1 is 1.10 bits per heavy atom. The van der Waals surface area contributed by atoms with Gasteiger partial charge >= 0.3 is 6.09 Å². The summed E-state index contributed by atoms with van der Waals surface area (Å²) in [4.78, 5) is 24.1. The van der Waals surface area contributed by atoms with E-state index in [9.17, 15) is 9.59 Å². The molecule has 0 aliphatic rings. The van der Waals surface area contributed by atoms with E-state index >= 15 is 0 Å². The number of rotatable bonds is 3. The molecule has 21 heavy (non-hydrogen) atoms. The largest absolute Gasteiger partial charge is 0.448 e. The van der Waals surface area contributed by atoms with Crippen molar-refractivity contribution in [2.24, 2.45) is 0 Å². The minimum atomic E-state index is -0.667. The van der Waals surface area contributed by atoms with E-state index in [4.69, 9.17) is 9.15 Å². The maximum absolute atomic E-state index is 12.3. The second kappa shape index (κ2) is 5.83. The minimum absolute atomic E-state index is 0.0816. The van der Waals surface area contributed by atoms with Crippen LogP contribution < -0.4 is 5.32 Å². The summed E-state index contributed by atoms with van der Waals surface area (Å²) < 4.78 is 10.3. The molecule has 0 radical (unpaired) electrons. The van der Waals surface area contributed by atoms with Crippen LogP contribution in [-0.2, 0) is 4.74 Å². The van der Waals surface area contributed by atoms with Gasteiger partial charge < -0.3 is 9.15 Å². The molecule has 1 heterocycles. The molecule has 1 amide bonds. The van der Waals surface area contributed by atoms with E-state index in [0.29, 0.717) is 5.56 Å². The molecule has 0 unspecified atom stereocenters. The van der Waals surface area contributed by atoms with Gasteiger partial charge in [-0.3, -0.25) is 10.1 Å². The van der Waals surface area contributed by atoms with Crippen molar-refractivity contribution in [3.05, 3.63) is 53.8 Å². The highest BCUT2D eigenvalue weighted by atomic mass is 16.6. The third-order valence-corrected chi connectivity index (χ3v) is 2.56. The molecular formula is C16H17NO4. The van der Waals surface area contributed by atoms with E-state index in [-0.39, 0.29) is 17.2 Å². The quantitative estimate of drug-likeness (QED) is 0.870. The lowest BCUT2D eigenvalue weighted by Crippen LogP contribution is -2.27. The molecular weight excluding hydrogens is 270 g/mol. The van der Waals surface area contributed by atoms with E-state index in [2.05, 4.69) is 5.32 Å². The van der Waals surface area contributed by atoms with Crippen molar-refractivity contribution < 1.29 is 18.7 Å². The van der Waals surface area contributed by atoms with Gasteiger partial charge in [-0.25, -0.2) is 4.79 Å². The standard InChI is InChI=1S/C16H17NO4/c1-16(2,3)21-15(19)17-14-12(9-10-20-14)13(18)11-7-5-4-6-8-11/h4-10H,1-3H3,(H,17,19). The zero-order valence-electron chi connectivity index (χ0n) is 12.2. The summed E-state index contributed by atoms with van der Waals surface area (Å²) >= 11 is 0. The number of ketones is 1. The zero-order valence-corrected chi connectivity index (χ0v) is 12.2. The van der Waals surface area contributed by atoms with Gasteiger partial charge in [0.25, 0.3) is 0 Å². The molecule has 0 aliphatic heterocycles. The fraction of sp³-hybridized carbons (Fsp3) is 0.250. The van der Waals surface area contributed by atoms with Crippen LogP contribution in [0.4, 0.5) is 10.7 Å². The number of amides is 1. The van der Waals surface area contributed by atoms with Gasteiger partial charge in [0.1, 0.15) is 5.60 Å². The summed E-state index contributed by atoms with van der Waals surface area (Å²) in [5, 5.41) is 2.45. The van der Waals surface area contributed by atoms with E-state index in [0.717, 1.165) is 0 Å². The molecule has 5 nitrogen and oxygen atoms in total. The van der Waals surface area contributed by atoms with Crippen LogP contribution in [0.15, 0.2) is 47.1 Å². The van der Waals surface area contributed by atoms with Crippen molar-refractivity contribution in [3.63, 3.8) is 0 Å². The zero-order chi connectivity index (χ0) is 15.5. The lowest BCUT2D eigenvalue weighted by molar-refractivity contribution is 0.0632. The molecule has 0 spiro atoms. The first-order valence-corrected chi connectivity index (χ1v) is 6.54. The number of benzene rings is 1. The Labute approximate surface area is 122 Å². The van der Waals surface area contributed by atoms with Gasteiger partial charge in [-0.2, -0.15) is 0 Å². The molecule has 0 atom stereocenters. The Morgan fingerprint density at radius 2 is 1.76 bits per heavy atom. The number of carbonyl (C=O) groups excluding carboxylic acids is 2. The van der Waals surface area contributed by atoms with Gasteiger partial charge in [-0.05, 0) is 26.8 Å². The highest BCUT2D eigenvalue weighted by Crippen LogP contribution is 2.21. The predicted octanol–water partition coefficient (Wildman–Crippen LogP) is 3.86. The number of ether oxygens (including phenoxy) is 1. The molecule has 0 aliphatic carbocycles. The van der Waals surface area contributed by atoms with E-state index in [1.54, 1.807) is 45.0 Å². The van der Waals surface area contributed by atoms with Gasteiger partial charge in [0.15, 0.2) is 5.78 Å². The van der Waals surface area contributed by atoms with Crippen LogP contribution in [0.3, 0.4) is 0 Å². The smallest absolute Gasteiger partial charge is 0.414 e. The molecule has 0 saturated heterocycles. The van der Waals surface area contributed by atoms with Crippen LogP contribution in [0.25, 0.3) is 0 Å². The van der Waals surface area contributed by atoms with Crippen LogP contribution in [0.2, 0.25) is 0 Å². The number of carbonyl (C=O) groups is 2. The first-order valence-electron chi connectivity index (χ1n) is 6.54. The van der Waals surface area contributed by atoms with E-state index in [1.165, 1.54) is 12.3 Å². The topological polar surface area (TPSA) is 68.5 Å². The number of furan rings is 1. The third kappa shape index (κ3) is 3.95. The van der Waals surface area contributed by atoms with Crippen LogP contribution in [-0.4, -0.2) is 17.5 Å². The Morgan fingerprint density at radius 3 is 2.38 bits per heavy atom. The number of nitrogens with one attached hydrogen (secondary N) is 1. The van der Waals surface area contributed by atoms with Crippen molar-refractivity contribution in [2.75, 3.05) is 5.32 Å². The molecule has 1 aromatic heterocycles. The SMILES string of the molecule is CC(C)(C)OC(=O)Nc1occc1C(=O)c1ccccc1. The maximum atomic E-state index is 12.3. The van der Waals surface area contributed by atoms with Gasteiger partial charge in [0, 0.05) is 5.56 Å². The summed E-state index contributed by atoms with van der Waals surface area (Å²) in [5.41, 5.74) is 0.179. The molecule has 1 aromatic carbocycles. The average molecular weight is 287 g/mol. The van der Waals surface area contributed by atoms with Crippen LogP contribution in [0.5, 0.6) is 0 Å². The van der Waals surface area contributed by atoms with Crippen LogP contribution >= 0.6 is 0 Å². The highest BCUT2D eigenvalue weighted by Gasteiger charge is 2.21. The molecule has 5 heteroatoms. The molecule has 1 N–H and O–H groups in total. The second-order valence-electron chi connectivity index (χ2n) is 5.49. The maximum Gasteiger partial charge on any atom is 0.414 e. The summed E-state index contributed by atoms with van der Waals surface area (Å²) in [5.74, 6) is -0.145. The van der Waals surface area contributed by atoms with E-state index < -0.39 is 11.7 Å². The summed E-state index contributed by atoms with van der Waals surface area (Å²) in [6, 6.07) is 10.3. The molecule has 0 bridgehead atoms. The minimum Gasteiger partial charge on any atom is -0.448 e. The Kier molecular flexibility index (Phi) is 4.12. The van der Waals surface area contributed by atoms with Crippen molar-refractivity contribution in [1.29, 1.82) is 0 Å². The highest BCUT2D eigenvalue weighted by molar-refractivity contribution is 6.12.